The number of ether oxygens (including phenoxy) is 2. The van der Waals surface area contributed by atoms with Crippen molar-refractivity contribution in [3.05, 3.63) is 34.4 Å². The number of hydrogen-bond donors (Lipinski definition) is 0. The highest BCUT2D eigenvalue weighted by Crippen LogP contribution is 2.34. The Hall–Kier alpha value is -2.47. The Morgan fingerprint density at radius 3 is 2.85 bits per heavy atom. The van der Waals surface area contributed by atoms with Gasteiger partial charge in [-0.25, -0.2) is 4.79 Å². The molecule has 2 rings (SSSR count). The number of hydrogen-bond acceptors (Lipinski definition) is 5. The van der Waals surface area contributed by atoms with E-state index in [4.69, 9.17) is 10.00 Å². The molecule has 0 amide bonds. The number of aromatic nitrogens is 2. The Kier molecular flexibility index (Phi) is 7.09. The van der Waals surface area contributed by atoms with Gasteiger partial charge in [0.25, 0.3) is 0 Å². The molecule has 0 aliphatic rings. The largest absolute Gasteiger partial charge is 0.461 e. The third kappa shape index (κ3) is 5.02. The van der Waals surface area contributed by atoms with Crippen molar-refractivity contribution in [2.75, 3.05) is 6.61 Å². The van der Waals surface area contributed by atoms with Crippen molar-refractivity contribution < 1.29 is 23.0 Å². The number of nitriles is 1. The van der Waals surface area contributed by atoms with E-state index in [0.717, 1.165) is 0 Å². The predicted octanol–water partition coefficient (Wildman–Crippen LogP) is 4.39. The highest BCUT2D eigenvalue weighted by molar-refractivity contribution is 9.10. The van der Waals surface area contributed by atoms with E-state index >= 15 is 0 Å². The summed E-state index contributed by atoms with van der Waals surface area (Å²) in [7, 11) is 0. The number of halogens is 3. The molecule has 1 aromatic heterocycles. The van der Waals surface area contributed by atoms with Gasteiger partial charge in [0.1, 0.15) is 5.75 Å². The van der Waals surface area contributed by atoms with Crippen LogP contribution in [0, 0.1) is 11.3 Å². The number of unbranched alkanes of at least 4 members (excludes halogenated alkanes) is 1. The third-order valence-electron chi connectivity index (χ3n) is 3.36. The van der Waals surface area contributed by atoms with Gasteiger partial charge in [0, 0.05) is 23.0 Å². The van der Waals surface area contributed by atoms with Crippen LogP contribution in [0.3, 0.4) is 0 Å². The second-order valence-corrected chi connectivity index (χ2v) is 6.05. The number of esters is 1. The normalized spacial score (nSPS) is 10.6. The van der Waals surface area contributed by atoms with E-state index in [9.17, 15) is 13.6 Å². The van der Waals surface area contributed by atoms with Crippen molar-refractivity contribution in [3.63, 3.8) is 0 Å². The lowest BCUT2D eigenvalue weighted by atomic mass is 10.1. The molecule has 138 valence electrons. The molecule has 0 N–H and O–H groups in total. The molecule has 1 aromatic carbocycles. The number of nitrogens with zero attached hydrogens (tertiary/aromatic N) is 3. The molecule has 2 aromatic rings. The molecule has 0 aliphatic carbocycles. The molecular formula is C17H16BrF2N3O3. The summed E-state index contributed by atoms with van der Waals surface area (Å²) >= 11 is 3.22. The van der Waals surface area contributed by atoms with E-state index in [1.165, 1.54) is 16.8 Å². The van der Waals surface area contributed by atoms with Crippen molar-refractivity contribution in [2.45, 2.75) is 32.9 Å². The first kappa shape index (κ1) is 19.8. The van der Waals surface area contributed by atoms with Gasteiger partial charge in [0.15, 0.2) is 5.69 Å². The fraction of sp³-hybridized carbons (Fsp3) is 0.353. The summed E-state index contributed by atoms with van der Waals surface area (Å²) in [4.78, 5) is 12.0. The molecule has 0 atom stereocenters. The molecular weight excluding hydrogens is 412 g/mol. The number of benzene rings is 1. The average Bonchev–Trinajstić information content (AvgIpc) is 2.99. The summed E-state index contributed by atoms with van der Waals surface area (Å²) in [5.41, 5.74) is 0.840. The highest BCUT2D eigenvalue weighted by atomic mass is 79.9. The van der Waals surface area contributed by atoms with Gasteiger partial charge in [-0.1, -0.05) is 15.9 Å². The zero-order chi connectivity index (χ0) is 19.1. The van der Waals surface area contributed by atoms with Gasteiger partial charge in [-0.3, -0.25) is 4.68 Å². The van der Waals surface area contributed by atoms with Gasteiger partial charge in [0.05, 0.1) is 18.4 Å². The summed E-state index contributed by atoms with van der Waals surface area (Å²) < 4.78 is 37.1. The van der Waals surface area contributed by atoms with Gasteiger partial charge in [-0.15, -0.1) is 0 Å². The van der Waals surface area contributed by atoms with Gasteiger partial charge < -0.3 is 9.47 Å². The van der Waals surface area contributed by atoms with Crippen LogP contribution >= 0.6 is 15.9 Å². The molecule has 0 aliphatic heterocycles. The molecule has 0 bridgehead atoms. The molecule has 6 nitrogen and oxygen atoms in total. The van der Waals surface area contributed by atoms with Crippen molar-refractivity contribution in [2.24, 2.45) is 0 Å². The topological polar surface area (TPSA) is 77.1 Å². The minimum atomic E-state index is -3.00. The standard InChI is InChI=1S/C17H16BrF2N3O3/c1-2-25-16(24)13-10-14(23(22-13)8-4-3-7-21)12-6-5-11(18)9-15(12)26-17(19)20/h5-6,9-10,17H,2-4,8H2,1H3. The summed E-state index contributed by atoms with van der Waals surface area (Å²) in [6.45, 7) is -0.797. The fourth-order valence-electron chi connectivity index (χ4n) is 2.32. The van der Waals surface area contributed by atoms with Crippen molar-refractivity contribution in [3.8, 4) is 23.1 Å². The van der Waals surface area contributed by atoms with Crippen molar-refractivity contribution in [1.29, 1.82) is 5.26 Å². The smallest absolute Gasteiger partial charge is 0.387 e. The Balaban J connectivity index is 2.49. The van der Waals surface area contributed by atoms with Crippen LogP contribution in [0.1, 0.15) is 30.3 Å². The van der Waals surface area contributed by atoms with Crippen molar-refractivity contribution in [1.82, 2.24) is 9.78 Å². The monoisotopic (exact) mass is 427 g/mol. The highest BCUT2D eigenvalue weighted by Gasteiger charge is 2.20. The Morgan fingerprint density at radius 2 is 2.19 bits per heavy atom. The summed E-state index contributed by atoms with van der Waals surface area (Å²) in [5, 5.41) is 12.9. The van der Waals surface area contributed by atoms with E-state index in [0.29, 0.717) is 35.1 Å². The van der Waals surface area contributed by atoms with Crippen LogP contribution in [0.5, 0.6) is 5.75 Å². The number of alkyl halides is 2. The number of carbonyl (C=O) groups is 1. The third-order valence-corrected chi connectivity index (χ3v) is 3.85. The zero-order valence-electron chi connectivity index (χ0n) is 13.9. The molecule has 1 heterocycles. The maximum absolute atomic E-state index is 12.8. The van der Waals surface area contributed by atoms with E-state index in [2.05, 4.69) is 25.8 Å². The van der Waals surface area contributed by atoms with E-state index in [-0.39, 0.29) is 18.1 Å². The number of aryl methyl sites for hydroxylation is 1. The van der Waals surface area contributed by atoms with E-state index < -0.39 is 12.6 Å². The van der Waals surface area contributed by atoms with Crippen LogP contribution in [0.15, 0.2) is 28.7 Å². The molecule has 0 fully saturated rings. The summed E-state index contributed by atoms with van der Waals surface area (Å²) in [6, 6.07) is 8.17. The first-order chi connectivity index (χ1) is 12.5. The van der Waals surface area contributed by atoms with Gasteiger partial charge in [-0.05, 0) is 37.6 Å². The second-order valence-electron chi connectivity index (χ2n) is 5.14. The lowest BCUT2D eigenvalue weighted by Gasteiger charge is -2.12. The first-order valence-corrected chi connectivity index (χ1v) is 8.62. The zero-order valence-corrected chi connectivity index (χ0v) is 15.5. The summed E-state index contributed by atoms with van der Waals surface area (Å²) in [5.74, 6) is -0.660. The Labute approximate surface area is 157 Å². The SMILES string of the molecule is CCOC(=O)c1cc(-c2ccc(Br)cc2OC(F)F)n(CCCC#N)n1. The molecule has 0 saturated heterocycles. The molecule has 0 radical (unpaired) electrons. The molecule has 26 heavy (non-hydrogen) atoms. The average molecular weight is 428 g/mol. The van der Waals surface area contributed by atoms with Gasteiger partial charge in [-0.2, -0.15) is 19.1 Å². The predicted molar refractivity (Wildman–Crippen MR) is 92.8 cm³/mol. The molecule has 0 spiro atoms. The van der Waals surface area contributed by atoms with Crippen molar-refractivity contribution >= 4 is 21.9 Å². The molecule has 0 unspecified atom stereocenters. The fourth-order valence-corrected chi connectivity index (χ4v) is 2.66. The van der Waals surface area contributed by atoms with Gasteiger partial charge in [0.2, 0.25) is 0 Å². The minimum absolute atomic E-state index is 0.0498. The van der Waals surface area contributed by atoms with Crippen LogP contribution in [-0.2, 0) is 11.3 Å². The molecule has 9 heteroatoms. The van der Waals surface area contributed by atoms with Crippen LogP contribution < -0.4 is 4.74 Å². The van der Waals surface area contributed by atoms with E-state index in [1.807, 2.05) is 6.07 Å². The minimum Gasteiger partial charge on any atom is -0.461 e. The van der Waals surface area contributed by atoms with Gasteiger partial charge >= 0.3 is 12.6 Å². The van der Waals surface area contributed by atoms with Crippen LogP contribution in [0.2, 0.25) is 0 Å². The Morgan fingerprint density at radius 1 is 1.42 bits per heavy atom. The van der Waals surface area contributed by atoms with Crippen LogP contribution in [0.4, 0.5) is 8.78 Å². The quantitative estimate of drug-likeness (QED) is 0.460. The number of carbonyl (C=O) groups excluding carboxylic acids is 1. The lowest BCUT2D eigenvalue weighted by molar-refractivity contribution is -0.0495. The summed E-state index contributed by atoms with van der Waals surface area (Å²) in [6.07, 6.45) is 0.795. The number of rotatable bonds is 8. The van der Waals surface area contributed by atoms with E-state index in [1.54, 1.807) is 19.1 Å². The molecule has 0 saturated carbocycles. The van der Waals surface area contributed by atoms with Crippen LogP contribution in [-0.4, -0.2) is 29.0 Å². The first-order valence-electron chi connectivity index (χ1n) is 7.83. The maximum atomic E-state index is 12.8. The second kappa shape index (κ2) is 9.29. The lowest BCUT2D eigenvalue weighted by Crippen LogP contribution is -2.08. The van der Waals surface area contributed by atoms with Crippen LogP contribution in [0.25, 0.3) is 11.3 Å². The maximum Gasteiger partial charge on any atom is 0.387 e. The Bertz CT molecular complexity index is 818.